The van der Waals surface area contributed by atoms with E-state index in [2.05, 4.69) is 11.8 Å². The molecular formula is C14H17NO3S. The van der Waals surface area contributed by atoms with Crippen LogP contribution in [0.3, 0.4) is 0 Å². The van der Waals surface area contributed by atoms with E-state index >= 15 is 0 Å². The van der Waals surface area contributed by atoms with Crippen LogP contribution < -0.4 is 4.31 Å². The van der Waals surface area contributed by atoms with Gasteiger partial charge in [0.25, 0.3) is 0 Å². The molecule has 19 heavy (non-hydrogen) atoms. The van der Waals surface area contributed by atoms with E-state index in [0.29, 0.717) is 12.2 Å². The molecule has 1 N–H and O–H groups in total. The largest absolute Gasteiger partial charge is 0.384 e. The van der Waals surface area contributed by atoms with Gasteiger partial charge in [0.05, 0.1) is 11.4 Å². The standard InChI is InChI=1S/C14H17NO3S/c1-11-9-15(19(17,18)10-11)14-6-5-13(4-3-7-16)12(2)8-14/h5-6,8,11,16H,7,9-10H2,1-2H3. The Bertz CT molecular complexity index is 640. The molecule has 4 nitrogen and oxygen atoms in total. The van der Waals surface area contributed by atoms with Crippen molar-refractivity contribution in [2.24, 2.45) is 5.92 Å². The quantitative estimate of drug-likeness (QED) is 0.784. The van der Waals surface area contributed by atoms with E-state index in [-0.39, 0.29) is 18.3 Å². The van der Waals surface area contributed by atoms with Gasteiger partial charge in [0.1, 0.15) is 6.61 Å². The molecule has 1 fully saturated rings. The van der Waals surface area contributed by atoms with Crippen LogP contribution in [0.25, 0.3) is 0 Å². The van der Waals surface area contributed by atoms with Crippen molar-refractivity contribution in [3.05, 3.63) is 29.3 Å². The van der Waals surface area contributed by atoms with Gasteiger partial charge >= 0.3 is 0 Å². The second kappa shape index (κ2) is 5.24. The van der Waals surface area contributed by atoms with Gasteiger partial charge in [0.2, 0.25) is 10.0 Å². The molecule has 2 rings (SSSR count). The van der Waals surface area contributed by atoms with E-state index in [4.69, 9.17) is 5.11 Å². The monoisotopic (exact) mass is 279 g/mol. The van der Waals surface area contributed by atoms with Gasteiger partial charge in [-0.2, -0.15) is 0 Å². The van der Waals surface area contributed by atoms with Crippen molar-refractivity contribution in [1.82, 2.24) is 0 Å². The van der Waals surface area contributed by atoms with Gasteiger partial charge in [-0.25, -0.2) is 8.42 Å². The molecule has 0 aromatic heterocycles. The van der Waals surface area contributed by atoms with Gasteiger partial charge in [0, 0.05) is 12.1 Å². The summed E-state index contributed by atoms with van der Waals surface area (Å²) >= 11 is 0. The van der Waals surface area contributed by atoms with Gasteiger partial charge < -0.3 is 5.11 Å². The van der Waals surface area contributed by atoms with E-state index in [9.17, 15) is 8.42 Å². The molecule has 0 saturated carbocycles. The van der Waals surface area contributed by atoms with Crippen molar-refractivity contribution in [1.29, 1.82) is 0 Å². The molecule has 0 bridgehead atoms. The minimum Gasteiger partial charge on any atom is -0.384 e. The van der Waals surface area contributed by atoms with Crippen LogP contribution in [0.5, 0.6) is 0 Å². The summed E-state index contributed by atoms with van der Waals surface area (Å²) in [5.74, 6) is 5.79. The summed E-state index contributed by atoms with van der Waals surface area (Å²) in [6.07, 6.45) is 0. The maximum atomic E-state index is 12.0. The zero-order valence-corrected chi connectivity index (χ0v) is 11.9. The molecule has 0 amide bonds. The van der Waals surface area contributed by atoms with E-state index in [1.54, 1.807) is 12.1 Å². The number of nitrogens with zero attached hydrogens (tertiary/aromatic N) is 1. The Hall–Kier alpha value is -1.51. The smallest absolute Gasteiger partial charge is 0.235 e. The van der Waals surface area contributed by atoms with Crippen LogP contribution >= 0.6 is 0 Å². The molecule has 0 spiro atoms. The molecule has 1 saturated heterocycles. The van der Waals surface area contributed by atoms with Crippen molar-refractivity contribution in [2.75, 3.05) is 23.2 Å². The zero-order chi connectivity index (χ0) is 14.0. The lowest BCUT2D eigenvalue weighted by atomic mass is 10.1. The molecule has 1 aliphatic heterocycles. The van der Waals surface area contributed by atoms with Crippen LogP contribution in [0.4, 0.5) is 5.69 Å². The van der Waals surface area contributed by atoms with E-state index in [1.807, 2.05) is 19.9 Å². The molecule has 0 radical (unpaired) electrons. The summed E-state index contributed by atoms with van der Waals surface area (Å²) in [6.45, 7) is 4.17. The van der Waals surface area contributed by atoms with E-state index in [1.165, 1.54) is 4.31 Å². The predicted molar refractivity (Wildman–Crippen MR) is 75.4 cm³/mol. The number of aliphatic hydroxyl groups excluding tert-OH is 1. The van der Waals surface area contributed by atoms with Gasteiger partial charge in [-0.15, -0.1) is 0 Å². The van der Waals surface area contributed by atoms with Crippen LogP contribution in [-0.4, -0.2) is 32.4 Å². The zero-order valence-electron chi connectivity index (χ0n) is 11.0. The lowest BCUT2D eigenvalue weighted by molar-refractivity contribution is 0.350. The normalized spacial score (nSPS) is 21.0. The topological polar surface area (TPSA) is 57.6 Å². The first kappa shape index (κ1) is 13.9. The fraction of sp³-hybridized carbons (Fsp3) is 0.429. The summed E-state index contributed by atoms with van der Waals surface area (Å²) < 4.78 is 25.5. The lowest BCUT2D eigenvalue weighted by Crippen LogP contribution is -2.25. The average Bonchev–Trinajstić information content (AvgIpc) is 2.61. The highest BCUT2D eigenvalue weighted by molar-refractivity contribution is 7.93. The third-order valence-corrected chi connectivity index (χ3v) is 5.13. The highest BCUT2D eigenvalue weighted by Gasteiger charge is 2.33. The summed E-state index contributed by atoms with van der Waals surface area (Å²) in [6, 6.07) is 5.40. The number of benzene rings is 1. The predicted octanol–water partition coefficient (Wildman–Crippen LogP) is 1.12. The SMILES string of the molecule is Cc1cc(N2CC(C)CS2(=O)=O)ccc1C#CCO. The third-order valence-electron chi connectivity index (χ3n) is 3.11. The average molecular weight is 279 g/mol. The molecule has 1 unspecified atom stereocenters. The van der Waals surface area contributed by atoms with Crippen LogP contribution in [0.2, 0.25) is 0 Å². The first-order chi connectivity index (χ1) is 8.94. The van der Waals surface area contributed by atoms with Crippen LogP contribution in [-0.2, 0) is 10.0 Å². The number of hydrogen-bond acceptors (Lipinski definition) is 3. The summed E-state index contributed by atoms with van der Waals surface area (Å²) in [5.41, 5.74) is 2.41. The Morgan fingerprint density at radius 2 is 2.21 bits per heavy atom. The molecule has 0 aliphatic carbocycles. The lowest BCUT2D eigenvalue weighted by Gasteiger charge is -2.18. The highest BCUT2D eigenvalue weighted by atomic mass is 32.2. The summed E-state index contributed by atoms with van der Waals surface area (Å²) in [5, 5.41) is 8.68. The minimum atomic E-state index is -3.18. The number of anilines is 1. The molecule has 1 aromatic rings. The maximum Gasteiger partial charge on any atom is 0.235 e. The number of aryl methyl sites for hydroxylation is 1. The van der Waals surface area contributed by atoms with Crippen molar-refractivity contribution >= 4 is 15.7 Å². The number of rotatable bonds is 1. The summed E-state index contributed by atoms with van der Waals surface area (Å²) in [7, 11) is -3.18. The molecule has 1 aromatic carbocycles. The Morgan fingerprint density at radius 3 is 2.74 bits per heavy atom. The summed E-state index contributed by atoms with van der Waals surface area (Å²) in [4.78, 5) is 0. The van der Waals surface area contributed by atoms with Crippen LogP contribution in [0, 0.1) is 24.7 Å². The van der Waals surface area contributed by atoms with Gasteiger partial charge in [-0.05, 0) is 36.6 Å². The first-order valence-corrected chi connectivity index (χ1v) is 7.76. The maximum absolute atomic E-state index is 12.0. The molecule has 5 heteroatoms. The molecule has 102 valence electrons. The van der Waals surface area contributed by atoms with Crippen molar-refractivity contribution < 1.29 is 13.5 Å². The number of aliphatic hydroxyl groups is 1. The van der Waals surface area contributed by atoms with Crippen LogP contribution in [0.15, 0.2) is 18.2 Å². The van der Waals surface area contributed by atoms with E-state index in [0.717, 1.165) is 11.1 Å². The Morgan fingerprint density at radius 1 is 1.47 bits per heavy atom. The fourth-order valence-corrected chi connectivity index (χ4v) is 4.16. The first-order valence-electron chi connectivity index (χ1n) is 6.15. The van der Waals surface area contributed by atoms with Gasteiger partial charge in [-0.1, -0.05) is 18.8 Å². The Labute approximate surface area is 114 Å². The van der Waals surface area contributed by atoms with Crippen molar-refractivity contribution in [3.8, 4) is 11.8 Å². The van der Waals surface area contributed by atoms with Gasteiger partial charge in [-0.3, -0.25) is 4.31 Å². The minimum absolute atomic E-state index is 0.152. The fourth-order valence-electron chi connectivity index (χ4n) is 2.24. The molecule has 1 aliphatic rings. The third kappa shape index (κ3) is 2.91. The van der Waals surface area contributed by atoms with Gasteiger partial charge in [0.15, 0.2) is 0 Å². The van der Waals surface area contributed by atoms with Crippen molar-refractivity contribution in [2.45, 2.75) is 13.8 Å². The van der Waals surface area contributed by atoms with Crippen LogP contribution in [0.1, 0.15) is 18.1 Å². The second-order valence-electron chi connectivity index (χ2n) is 4.87. The molecule has 1 atom stereocenters. The highest BCUT2D eigenvalue weighted by Crippen LogP contribution is 2.28. The molecular weight excluding hydrogens is 262 g/mol. The number of hydrogen-bond donors (Lipinski definition) is 1. The van der Waals surface area contributed by atoms with Crippen molar-refractivity contribution in [3.63, 3.8) is 0 Å². The number of sulfonamides is 1. The Kier molecular flexibility index (Phi) is 3.83. The molecule has 1 heterocycles. The van der Waals surface area contributed by atoms with E-state index < -0.39 is 10.0 Å². The second-order valence-corrected chi connectivity index (χ2v) is 6.81. The Balaban J connectivity index is 2.35.